The molecule has 0 radical (unpaired) electrons. The Kier molecular flexibility index (Phi) is 4.21. The number of hydrogen-bond donors (Lipinski definition) is 1. The average Bonchev–Trinajstić information content (AvgIpc) is 3.06. The number of halogens is 1. The first-order valence-electron chi connectivity index (χ1n) is 6.78. The van der Waals surface area contributed by atoms with E-state index in [-0.39, 0.29) is 0 Å². The first-order valence-corrected chi connectivity index (χ1v) is 7.97. The minimum atomic E-state index is 0.663. The summed E-state index contributed by atoms with van der Waals surface area (Å²) >= 11 is 7.64. The molecule has 0 atom stereocenters. The number of imidazole rings is 1. The van der Waals surface area contributed by atoms with E-state index >= 15 is 0 Å². The summed E-state index contributed by atoms with van der Waals surface area (Å²) in [6, 6.07) is 4.09. The van der Waals surface area contributed by atoms with Gasteiger partial charge in [-0.15, -0.1) is 11.3 Å². The van der Waals surface area contributed by atoms with E-state index in [4.69, 9.17) is 11.6 Å². The van der Waals surface area contributed by atoms with Crippen LogP contribution >= 0.6 is 22.9 Å². The molecule has 5 heteroatoms. The summed E-state index contributed by atoms with van der Waals surface area (Å²) in [5, 5.41) is 3.41. The first kappa shape index (κ1) is 13.2. The Labute approximate surface area is 122 Å². The fourth-order valence-electron chi connectivity index (χ4n) is 2.69. The zero-order valence-electron chi connectivity index (χ0n) is 10.8. The Morgan fingerprint density at radius 1 is 1.37 bits per heavy atom. The van der Waals surface area contributed by atoms with Crippen molar-refractivity contribution in [3.8, 4) is 0 Å². The molecule has 3 nitrogen and oxygen atoms in total. The maximum atomic E-state index is 5.97. The van der Waals surface area contributed by atoms with E-state index < -0.39 is 0 Å². The Morgan fingerprint density at radius 3 is 2.95 bits per heavy atom. The van der Waals surface area contributed by atoms with E-state index in [2.05, 4.69) is 20.9 Å². The van der Waals surface area contributed by atoms with Crippen LogP contribution in [0.4, 0.5) is 0 Å². The lowest BCUT2D eigenvalue weighted by Gasteiger charge is -2.23. The molecule has 3 rings (SSSR count). The van der Waals surface area contributed by atoms with Crippen molar-refractivity contribution >= 4 is 22.9 Å². The topological polar surface area (TPSA) is 29.9 Å². The van der Waals surface area contributed by atoms with Gasteiger partial charge in [-0.3, -0.25) is 0 Å². The van der Waals surface area contributed by atoms with E-state index in [0.717, 1.165) is 30.4 Å². The fourth-order valence-corrected chi connectivity index (χ4v) is 3.77. The van der Waals surface area contributed by atoms with Crippen LogP contribution in [0.2, 0.25) is 4.34 Å². The van der Waals surface area contributed by atoms with Crippen molar-refractivity contribution in [3.63, 3.8) is 0 Å². The number of nitrogens with one attached hydrogen (secondary N) is 1. The van der Waals surface area contributed by atoms with Gasteiger partial charge >= 0.3 is 0 Å². The molecule has 0 aliphatic carbocycles. The van der Waals surface area contributed by atoms with Gasteiger partial charge in [0.2, 0.25) is 0 Å². The van der Waals surface area contributed by atoms with Gasteiger partial charge in [-0.1, -0.05) is 11.6 Å². The molecule has 0 amide bonds. The lowest BCUT2D eigenvalue weighted by molar-refractivity contribution is 0.439. The van der Waals surface area contributed by atoms with Gasteiger partial charge < -0.3 is 9.88 Å². The van der Waals surface area contributed by atoms with Crippen LogP contribution in [0.15, 0.2) is 24.7 Å². The van der Waals surface area contributed by atoms with Gasteiger partial charge in [0, 0.05) is 29.2 Å². The lowest BCUT2D eigenvalue weighted by Crippen LogP contribution is -2.27. The molecule has 0 aromatic carbocycles. The van der Waals surface area contributed by atoms with Gasteiger partial charge in [-0.05, 0) is 44.5 Å². The number of rotatable bonds is 4. The van der Waals surface area contributed by atoms with E-state index in [1.807, 2.05) is 18.6 Å². The summed E-state index contributed by atoms with van der Waals surface area (Å²) in [5.74, 6) is 0.663. The van der Waals surface area contributed by atoms with Gasteiger partial charge in [0.15, 0.2) is 0 Å². The van der Waals surface area contributed by atoms with Crippen molar-refractivity contribution in [1.29, 1.82) is 0 Å². The molecule has 1 aliphatic heterocycles. The maximum Gasteiger partial charge on any atom is 0.0948 e. The first-order chi connectivity index (χ1) is 9.33. The van der Waals surface area contributed by atoms with Crippen molar-refractivity contribution in [2.24, 2.45) is 0 Å². The molecule has 102 valence electrons. The summed E-state index contributed by atoms with van der Waals surface area (Å²) in [6.45, 7) is 3.24. The van der Waals surface area contributed by atoms with Crippen LogP contribution in [0.1, 0.15) is 29.3 Å². The van der Waals surface area contributed by atoms with Gasteiger partial charge in [-0.25, -0.2) is 4.98 Å². The predicted octanol–water partition coefficient (Wildman–Crippen LogP) is 3.31. The van der Waals surface area contributed by atoms with Gasteiger partial charge in [-0.2, -0.15) is 0 Å². The van der Waals surface area contributed by atoms with Crippen molar-refractivity contribution < 1.29 is 0 Å². The van der Waals surface area contributed by atoms with Crippen LogP contribution in [-0.2, 0) is 13.0 Å². The van der Waals surface area contributed by atoms with Crippen molar-refractivity contribution in [2.75, 3.05) is 13.1 Å². The summed E-state index contributed by atoms with van der Waals surface area (Å²) in [6.07, 6.45) is 7.47. The van der Waals surface area contributed by atoms with Crippen LogP contribution in [0.5, 0.6) is 0 Å². The third kappa shape index (κ3) is 3.19. The number of piperidine rings is 1. The highest BCUT2D eigenvalue weighted by atomic mass is 35.5. The van der Waals surface area contributed by atoms with Crippen LogP contribution in [0, 0.1) is 0 Å². The lowest BCUT2D eigenvalue weighted by atomic mass is 9.95. The van der Waals surface area contributed by atoms with E-state index in [0.29, 0.717) is 5.92 Å². The molecule has 1 saturated heterocycles. The van der Waals surface area contributed by atoms with Crippen LogP contribution in [0.25, 0.3) is 0 Å². The average molecular weight is 296 g/mol. The predicted molar refractivity (Wildman–Crippen MR) is 80.1 cm³/mol. The molecule has 1 N–H and O–H groups in total. The molecule has 0 unspecified atom stereocenters. The SMILES string of the molecule is Clc1ccc(CCn2cncc2C2CCNCC2)s1. The van der Waals surface area contributed by atoms with Crippen molar-refractivity contribution in [3.05, 3.63) is 39.6 Å². The van der Waals surface area contributed by atoms with Gasteiger partial charge in [0.1, 0.15) is 0 Å². The van der Waals surface area contributed by atoms with Crippen LogP contribution in [-0.4, -0.2) is 22.6 Å². The Balaban J connectivity index is 1.66. The van der Waals surface area contributed by atoms with Crippen LogP contribution < -0.4 is 5.32 Å². The van der Waals surface area contributed by atoms with Crippen molar-refractivity contribution in [2.45, 2.75) is 31.7 Å². The molecule has 1 aliphatic rings. The molecule has 0 spiro atoms. The van der Waals surface area contributed by atoms with E-state index in [1.165, 1.54) is 23.4 Å². The highest BCUT2D eigenvalue weighted by molar-refractivity contribution is 7.16. The van der Waals surface area contributed by atoms with Crippen LogP contribution in [0.3, 0.4) is 0 Å². The molecule has 2 aromatic rings. The summed E-state index contributed by atoms with van der Waals surface area (Å²) in [5.41, 5.74) is 1.39. The molecular weight excluding hydrogens is 278 g/mol. The molecule has 3 heterocycles. The number of hydrogen-bond acceptors (Lipinski definition) is 3. The Hall–Kier alpha value is -0.840. The second kappa shape index (κ2) is 6.07. The highest BCUT2D eigenvalue weighted by Crippen LogP contribution is 2.26. The number of nitrogens with zero attached hydrogens (tertiary/aromatic N) is 2. The molecule has 1 fully saturated rings. The fraction of sp³-hybridized carbons (Fsp3) is 0.500. The maximum absolute atomic E-state index is 5.97. The smallest absolute Gasteiger partial charge is 0.0948 e. The number of aryl methyl sites for hydroxylation is 2. The monoisotopic (exact) mass is 295 g/mol. The molecule has 0 bridgehead atoms. The number of thiophene rings is 1. The quantitative estimate of drug-likeness (QED) is 0.938. The second-order valence-corrected chi connectivity index (χ2v) is 6.79. The molecule has 0 saturated carbocycles. The third-order valence-electron chi connectivity index (χ3n) is 3.73. The van der Waals surface area contributed by atoms with Crippen molar-refractivity contribution in [1.82, 2.24) is 14.9 Å². The highest BCUT2D eigenvalue weighted by Gasteiger charge is 2.18. The minimum absolute atomic E-state index is 0.663. The minimum Gasteiger partial charge on any atom is -0.334 e. The zero-order valence-corrected chi connectivity index (χ0v) is 12.4. The zero-order chi connectivity index (χ0) is 13.1. The largest absolute Gasteiger partial charge is 0.334 e. The third-order valence-corrected chi connectivity index (χ3v) is 5.02. The normalized spacial score (nSPS) is 16.9. The number of aromatic nitrogens is 2. The molecule has 2 aromatic heterocycles. The van der Waals surface area contributed by atoms with E-state index in [9.17, 15) is 0 Å². The Bertz CT molecular complexity index is 528. The second-order valence-electron chi connectivity index (χ2n) is 4.99. The summed E-state index contributed by atoms with van der Waals surface area (Å²) in [7, 11) is 0. The molecular formula is C14H18ClN3S. The van der Waals surface area contributed by atoms with E-state index in [1.54, 1.807) is 11.3 Å². The summed E-state index contributed by atoms with van der Waals surface area (Å²) in [4.78, 5) is 5.68. The summed E-state index contributed by atoms with van der Waals surface area (Å²) < 4.78 is 3.18. The Morgan fingerprint density at radius 2 is 2.21 bits per heavy atom. The molecule has 19 heavy (non-hydrogen) atoms. The standard InChI is InChI=1S/C14H18ClN3S/c15-14-2-1-12(19-14)5-8-18-10-17-9-13(18)11-3-6-16-7-4-11/h1-2,9-11,16H,3-8H2. The van der Waals surface area contributed by atoms with Gasteiger partial charge in [0.05, 0.1) is 10.7 Å². The van der Waals surface area contributed by atoms with Gasteiger partial charge in [0.25, 0.3) is 0 Å².